The number of piperidine rings is 1. The normalized spacial score (nSPS) is 17.1. The Labute approximate surface area is 170 Å². The minimum Gasteiger partial charge on any atom is -0.469 e. The topological polar surface area (TPSA) is 96.9 Å². The van der Waals surface area contributed by atoms with Crippen molar-refractivity contribution in [3.63, 3.8) is 0 Å². The molecule has 0 bridgehead atoms. The molecule has 1 fully saturated rings. The molecule has 1 saturated heterocycles. The average Bonchev–Trinajstić information content (AvgIpc) is 2.70. The van der Waals surface area contributed by atoms with Crippen molar-refractivity contribution in [1.82, 2.24) is 14.2 Å². The van der Waals surface area contributed by atoms with Crippen LogP contribution in [0.4, 0.5) is 0 Å². The van der Waals surface area contributed by atoms with E-state index in [0.29, 0.717) is 19.4 Å². The zero-order valence-electron chi connectivity index (χ0n) is 16.3. The van der Waals surface area contributed by atoms with Gasteiger partial charge in [-0.05, 0) is 31.9 Å². The summed E-state index contributed by atoms with van der Waals surface area (Å²) in [4.78, 5) is 29.9. The van der Waals surface area contributed by atoms with E-state index in [4.69, 9.17) is 16.3 Å². The minimum atomic E-state index is -3.75. The van der Waals surface area contributed by atoms with Gasteiger partial charge in [0.2, 0.25) is 15.9 Å². The predicted molar refractivity (Wildman–Crippen MR) is 104 cm³/mol. The number of aromatic nitrogens is 1. The first-order valence-corrected chi connectivity index (χ1v) is 11.0. The van der Waals surface area contributed by atoms with E-state index in [1.54, 1.807) is 11.8 Å². The molecule has 1 aromatic rings. The Hall–Kier alpha value is -1.71. The molecule has 0 aromatic carbocycles. The summed E-state index contributed by atoms with van der Waals surface area (Å²) in [6.45, 7) is 4.79. The highest BCUT2D eigenvalue weighted by molar-refractivity contribution is 7.89. The molecule has 156 valence electrons. The number of carbonyl (C=O) groups excluding carboxylic acids is 2. The summed E-state index contributed by atoms with van der Waals surface area (Å²) in [5, 5.41) is -0.0605. The molecule has 10 heteroatoms. The average molecular weight is 432 g/mol. The van der Waals surface area contributed by atoms with Gasteiger partial charge in [0.05, 0.1) is 13.0 Å². The van der Waals surface area contributed by atoms with Crippen LogP contribution in [0.3, 0.4) is 0 Å². The maximum Gasteiger partial charge on any atom is 0.310 e. The van der Waals surface area contributed by atoms with Gasteiger partial charge in [-0.2, -0.15) is 4.31 Å². The number of amides is 1. The lowest BCUT2D eigenvalue weighted by molar-refractivity contribution is -0.147. The number of hydrogen-bond donors (Lipinski definition) is 0. The van der Waals surface area contributed by atoms with Gasteiger partial charge in [-0.3, -0.25) is 9.59 Å². The van der Waals surface area contributed by atoms with Gasteiger partial charge in [0.1, 0.15) is 10.0 Å². The number of carbonyl (C=O) groups is 2. The van der Waals surface area contributed by atoms with Crippen LogP contribution in [0.5, 0.6) is 0 Å². The summed E-state index contributed by atoms with van der Waals surface area (Å²) in [6, 6.07) is 2.95. The molecule has 0 radical (unpaired) electrons. The number of esters is 1. The van der Waals surface area contributed by atoms with E-state index in [1.165, 1.54) is 29.7 Å². The van der Waals surface area contributed by atoms with Crippen LogP contribution in [0, 0.1) is 11.8 Å². The van der Waals surface area contributed by atoms with Crippen molar-refractivity contribution < 1.29 is 22.7 Å². The van der Waals surface area contributed by atoms with Crippen LogP contribution in [-0.4, -0.2) is 67.8 Å². The van der Waals surface area contributed by atoms with E-state index in [2.05, 4.69) is 4.98 Å². The molecule has 1 aliphatic heterocycles. The van der Waals surface area contributed by atoms with Crippen molar-refractivity contribution in [2.45, 2.75) is 31.6 Å². The number of pyridine rings is 1. The number of halogens is 1. The monoisotopic (exact) mass is 431 g/mol. The Morgan fingerprint density at radius 3 is 2.57 bits per heavy atom. The molecule has 0 spiro atoms. The Bertz CT molecular complexity index is 809. The van der Waals surface area contributed by atoms with Gasteiger partial charge in [-0.15, -0.1) is 0 Å². The number of sulfonamides is 1. The summed E-state index contributed by atoms with van der Waals surface area (Å²) >= 11 is 5.94. The highest BCUT2D eigenvalue weighted by Gasteiger charge is 2.35. The van der Waals surface area contributed by atoms with Crippen LogP contribution in [-0.2, 0) is 24.3 Å². The summed E-state index contributed by atoms with van der Waals surface area (Å²) in [7, 11) is -2.43. The van der Waals surface area contributed by atoms with Crippen LogP contribution in [0.25, 0.3) is 0 Å². The fourth-order valence-corrected chi connectivity index (χ4v) is 5.18. The molecule has 1 atom stereocenters. The Morgan fingerprint density at radius 2 is 2.04 bits per heavy atom. The van der Waals surface area contributed by atoms with Crippen molar-refractivity contribution in [2.75, 3.05) is 33.3 Å². The molecule has 28 heavy (non-hydrogen) atoms. The first-order valence-electron chi connectivity index (χ1n) is 9.19. The van der Waals surface area contributed by atoms with Gasteiger partial charge in [0, 0.05) is 38.3 Å². The fraction of sp³-hybridized carbons (Fsp3) is 0.611. The number of hydrogen-bond acceptors (Lipinski definition) is 6. The van der Waals surface area contributed by atoms with Crippen LogP contribution >= 0.6 is 11.6 Å². The molecule has 2 heterocycles. The van der Waals surface area contributed by atoms with E-state index in [0.717, 1.165) is 0 Å². The van der Waals surface area contributed by atoms with Crippen molar-refractivity contribution in [1.29, 1.82) is 0 Å². The summed E-state index contributed by atoms with van der Waals surface area (Å²) in [6.07, 6.45) is 2.26. The largest absolute Gasteiger partial charge is 0.469 e. The van der Waals surface area contributed by atoms with E-state index in [1.807, 2.05) is 6.92 Å². The van der Waals surface area contributed by atoms with Gasteiger partial charge >= 0.3 is 5.97 Å². The molecule has 1 amide bonds. The third-order valence-electron chi connectivity index (χ3n) is 4.94. The van der Waals surface area contributed by atoms with Crippen molar-refractivity contribution in [3.8, 4) is 0 Å². The van der Waals surface area contributed by atoms with E-state index in [9.17, 15) is 18.0 Å². The van der Waals surface area contributed by atoms with Crippen molar-refractivity contribution >= 4 is 33.5 Å². The number of nitrogens with zero attached hydrogens (tertiary/aromatic N) is 3. The van der Waals surface area contributed by atoms with Crippen LogP contribution in [0.2, 0.25) is 5.15 Å². The summed E-state index contributed by atoms with van der Waals surface area (Å²) in [5.74, 6) is -1.11. The van der Waals surface area contributed by atoms with Gasteiger partial charge in [-0.25, -0.2) is 13.4 Å². The van der Waals surface area contributed by atoms with E-state index in [-0.39, 0.29) is 47.5 Å². The molecule has 2 rings (SSSR count). The second-order valence-corrected chi connectivity index (χ2v) is 9.04. The third kappa shape index (κ3) is 5.01. The van der Waals surface area contributed by atoms with E-state index < -0.39 is 15.9 Å². The Kier molecular flexibility index (Phi) is 7.79. The Balaban J connectivity index is 2.01. The second-order valence-electron chi connectivity index (χ2n) is 6.77. The molecular weight excluding hydrogens is 406 g/mol. The van der Waals surface area contributed by atoms with Crippen molar-refractivity contribution in [3.05, 3.63) is 23.5 Å². The van der Waals surface area contributed by atoms with Gasteiger partial charge in [-0.1, -0.05) is 18.5 Å². The standard InChI is InChI=1S/C18H26ClN3O5S/c1-4-21(12-13(2)18(24)27-3)17(23)14-7-10-22(11-8-14)28(25,26)15-6-5-9-20-16(15)19/h5-6,9,13-14H,4,7-8,10-12H2,1-3H3. The third-order valence-corrected chi connectivity index (χ3v) is 7.28. The molecule has 0 aliphatic carbocycles. The van der Waals surface area contributed by atoms with Gasteiger partial charge in [0.25, 0.3) is 0 Å². The van der Waals surface area contributed by atoms with Gasteiger partial charge in [0.15, 0.2) is 0 Å². The zero-order chi connectivity index (χ0) is 20.9. The first kappa shape index (κ1) is 22.6. The van der Waals surface area contributed by atoms with Gasteiger partial charge < -0.3 is 9.64 Å². The molecular formula is C18H26ClN3O5S. The highest BCUT2D eigenvalue weighted by Crippen LogP contribution is 2.28. The summed E-state index contributed by atoms with van der Waals surface area (Å²) in [5.41, 5.74) is 0. The van der Waals surface area contributed by atoms with Crippen LogP contribution < -0.4 is 0 Å². The molecule has 8 nitrogen and oxygen atoms in total. The molecule has 0 N–H and O–H groups in total. The molecule has 0 saturated carbocycles. The molecule has 1 unspecified atom stereocenters. The lowest BCUT2D eigenvalue weighted by Crippen LogP contribution is -2.46. The quantitative estimate of drug-likeness (QED) is 0.482. The SMILES string of the molecule is CCN(CC(C)C(=O)OC)C(=O)C1CCN(S(=O)(=O)c2cccnc2Cl)CC1. The molecule has 1 aliphatic rings. The number of methoxy groups -OCH3 is 1. The maximum atomic E-state index is 12.8. The van der Waals surface area contributed by atoms with Crippen LogP contribution in [0.15, 0.2) is 23.2 Å². The lowest BCUT2D eigenvalue weighted by atomic mass is 9.96. The minimum absolute atomic E-state index is 0.0245. The zero-order valence-corrected chi connectivity index (χ0v) is 17.9. The van der Waals surface area contributed by atoms with Crippen molar-refractivity contribution in [2.24, 2.45) is 11.8 Å². The Morgan fingerprint density at radius 1 is 1.39 bits per heavy atom. The first-order chi connectivity index (χ1) is 13.2. The highest BCUT2D eigenvalue weighted by atomic mass is 35.5. The van der Waals surface area contributed by atoms with Crippen LogP contribution in [0.1, 0.15) is 26.7 Å². The van der Waals surface area contributed by atoms with E-state index >= 15 is 0 Å². The summed E-state index contributed by atoms with van der Waals surface area (Å²) < 4.78 is 31.6. The fourth-order valence-electron chi connectivity index (χ4n) is 3.29. The maximum absolute atomic E-state index is 12.8. The lowest BCUT2D eigenvalue weighted by Gasteiger charge is -2.34. The second kappa shape index (κ2) is 9.67. The predicted octanol–water partition coefficient (Wildman–Crippen LogP) is 1.79. The molecule has 1 aromatic heterocycles. The number of rotatable bonds is 7. The number of ether oxygens (including phenoxy) is 1. The smallest absolute Gasteiger partial charge is 0.310 e.